The number of aryl methyl sites for hydroxylation is 1. The second kappa shape index (κ2) is 6.34. The van der Waals surface area contributed by atoms with E-state index in [2.05, 4.69) is 5.32 Å². The van der Waals surface area contributed by atoms with E-state index in [-0.39, 0.29) is 11.5 Å². The van der Waals surface area contributed by atoms with Crippen molar-refractivity contribution in [1.29, 1.82) is 0 Å². The van der Waals surface area contributed by atoms with Gasteiger partial charge in [0.1, 0.15) is 0 Å². The van der Waals surface area contributed by atoms with E-state index < -0.39 is 17.8 Å². The molecule has 0 fully saturated rings. The van der Waals surface area contributed by atoms with Gasteiger partial charge in [-0.2, -0.15) is 13.2 Å². The number of rotatable bonds is 2. The van der Waals surface area contributed by atoms with Crippen molar-refractivity contribution in [2.45, 2.75) is 38.9 Å². The van der Waals surface area contributed by atoms with Gasteiger partial charge in [-0.15, -0.1) is 0 Å². The Morgan fingerprint density at radius 1 is 1.15 bits per heavy atom. The topological polar surface area (TPSA) is 49.3 Å². The summed E-state index contributed by atoms with van der Waals surface area (Å²) in [5.41, 5.74) is 2.14. The van der Waals surface area contributed by atoms with E-state index in [1.54, 1.807) is 12.1 Å². The maximum absolute atomic E-state index is 13.0. The van der Waals surface area contributed by atoms with Crippen LogP contribution in [0.3, 0.4) is 0 Å². The molecular weight excluding hydrogens is 343 g/mol. The molecule has 0 aromatic heterocycles. The van der Waals surface area contributed by atoms with E-state index in [1.807, 2.05) is 26.0 Å². The van der Waals surface area contributed by atoms with Crippen LogP contribution in [0.25, 0.3) is 11.1 Å². The molecule has 0 saturated heterocycles. The number of hydrogen-bond acceptors (Lipinski definition) is 1. The van der Waals surface area contributed by atoms with Crippen LogP contribution in [0.5, 0.6) is 0 Å². The predicted molar refractivity (Wildman–Crippen MR) is 92.9 cm³/mol. The fourth-order valence-corrected chi connectivity index (χ4v) is 3.58. The molecule has 138 valence electrons. The molecule has 1 atom stereocenters. The first-order chi connectivity index (χ1) is 12.1. The highest BCUT2D eigenvalue weighted by atomic mass is 19.4. The summed E-state index contributed by atoms with van der Waals surface area (Å²) in [7, 11) is 0. The van der Waals surface area contributed by atoms with Crippen molar-refractivity contribution in [3.8, 4) is 11.1 Å². The van der Waals surface area contributed by atoms with Crippen LogP contribution in [0.1, 0.15) is 43.0 Å². The molecule has 1 aliphatic carbocycles. The van der Waals surface area contributed by atoms with Gasteiger partial charge in [0.05, 0.1) is 11.6 Å². The first kappa shape index (κ1) is 18.3. The number of carbonyl (C=O) groups is 1. The van der Waals surface area contributed by atoms with Crippen molar-refractivity contribution < 1.29 is 23.1 Å². The number of halogens is 3. The van der Waals surface area contributed by atoms with E-state index in [1.165, 1.54) is 6.07 Å². The van der Waals surface area contributed by atoms with E-state index in [0.29, 0.717) is 11.1 Å². The minimum absolute atomic E-state index is 0.233. The van der Waals surface area contributed by atoms with Crippen molar-refractivity contribution in [1.82, 2.24) is 5.32 Å². The van der Waals surface area contributed by atoms with Gasteiger partial charge in [0, 0.05) is 0 Å². The normalized spacial score (nSPS) is 18.9. The van der Waals surface area contributed by atoms with Crippen LogP contribution in [0.2, 0.25) is 0 Å². The average molecular weight is 363 g/mol. The van der Waals surface area contributed by atoms with Crippen molar-refractivity contribution >= 4 is 6.09 Å². The zero-order chi connectivity index (χ0) is 19.1. The molecule has 1 unspecified atom stereocenters. The molecule has 3 rings (SSSR count). The van der Waals surface area contributed by atoms with E-state index in [0.717, 1.165) is 36.1 Å². The summed E-state index contributed by atoms with van der Waals surface area (Å²) in [6.07, 6.45) is -3.92. The molecule has 6 heteroatoms. The van der Waals surface area contributed by atoms with Crippen LogP contribution >= 0.6 is 0 Å². The molecule has 0 bridgehead atoms. The Bertz CT molecular complexity index is 843. The standard InChI is InChI=1S/C20H20F3NO2/c1-19(2)9-8-14-10-13(6-7-16(14)17(19)24-18(25)26)12-4-3-5-15(11-12)20(21,22)23/h3-7,10-11,17,24H,8-9H2,1-2H3,(H,25,26). The van der Waals surface area contributed by atoms with Crippen LogP contribution in [-0.4, -0.2) is 11.2 Å². The van der Waals surface area contributed by atoms with E-state index in [9.17, 15) is 18.0 Å². The lowest BCUT2D eigenvalue weighted by atomic mass is 9.70. The third-order valence-corrected chi connectivity index (χ3v) is 5.07. The third-order valence-electron chi connectivity index (χ3n) is 5.07. The Balaban J connectivity index is 2.01. The number of fused-ring (bicyclic) bond motifs is 1. The lowest BCUT2D eigenvalue weighted by molar-refractivity contribution is -0.137. The summed E-state index contributed by atoms with van der Waals surface area (Å²) < 4.78 is 38.9. The summed E-state index contributed by atoms with van der Waals surface area (Å²) in [5.74, 6) is 0. The number of nitrogens with one attached hydrogen (secondary N) is 1. The summed E-state index contributed by atoms with van der Waals surface area (Å²) in [6, 6.07) is 10.3. The molecule has 2 aromatic rings. The highest BCUT2D eigenvalue weighted by Crippen LogP contribution is 2.44. The fourth-order valence-electron chi connectivity index (χ4n) is 3.58. The molecular formula is C20H20F3NO2. The molecule has 1 aliphatic rings. The van der Waals surface area contributed by atoms with Crippen molar-refractivity contribution in [2.75, 3.05) is 0 Å². The first-order valence-corrected chi connectivity index (χ1v) is 8.38. The molecule has 2 N–H and O–H groups in total. The van der Waals surface area contributed by atoms with Gasteiger partial charge in [0.25, 0.3) is 0 Å². The summed E-state index contributed by atoms with van der Waals surface area (Å²) in [6.45, 7) is 4.02. The predicted octanol–water partition coefficient (Wildman–Crippen LogP) is 5.65. The quantitative estimate of drug-likeness (QED) is 0.724. The van der Waals surface area contributed by atoms with Crippen molar-refractivity contribution in [3.63, 3.8) is 0 Å². The Morgan fingerprint density at radius 3 is 2.50 bits per heavy atom. The Labute approximate surface area is 149 Å². The van der Waals surface area contributed by atoms with Gasteiger partial charge in [-0.1, -0.05) is 44.2 Å². The highest BCUT2D eigenvalue weighted by Gasteiger charge is 2.37. The van der Waals surface area contributed by atoms with Gasteiger partial charge in [0.15, 0.2) is 0 Å². The molecule has 2 aromatic carbocycles. The summed E-state index contributed by atoms with van der Waals surface area (Å²) in [4.78, 5) is 11.2. The Morgan fingerprint density at radius 2 is 1.85 bits per heavy atom. The van der Waals surface area contributed by atoms with Gasteiger partial charge in [-0.25, -0.2) is 4.79 Å². The number of carboxylic acid groups (broad SMARTS) is 1. The second-order valence-electron chi connectivity index (χ2n) is 7.36. The molecule has 0 aliphatic heterocycles. The summed E-state index contributed by atoms with van der Waals surface area (Å²) in [5, 5.41) is 11.7. The average Bonchev–Trinajstić information content (AvgIpc) is 2.56. The molecule has 0 spiro atoms. The van der Waals surface area contributed by atoms with Crippen molar-refractivity contribution in [2.24, 2.45) is 5.41 Å². The lowest BCUT2D eigenvalue weighted by Crippen LogP contribution is -2.40. The van der Waals surface area contributed by atoms with Gasteiger partial charge < -0.3 is 10.4 Å². The Kier molecular flexibility index (Phi) is 4.46. The third kappa shape index (κ3) is 3.54. The molecule has 3 nitrogen and oxygen atoms in total. The number of hydrogen-bond donors (Lipinski definition) is 2. The van der Waals surface area contributed by atoms with Crippen LogP contribution in [-0.2, 0) is 12.6 Å². The van der Waals surface area contributed by atoms with Gasteiger partial charge in [-0.05, 0) is 52.6 Å². The number of amides is 1. The van der Waals surface area contributed by atoms with E-state index >= 15 is 0 Å². The van der Waals surface area contributed by atoms with Gasteiger partial charge >= 0.3 is 12.3 Å². The SMILES string of the molecule is CC1(C)CCc2cc(-c3cccc(C(F)(F)F)c3)ccc2C1NC(=O)O. The van der Waals surface area contributed by atoms with Gasteiger partial charge in [-0.3, -0.25) is 0 Å². The molecule has 1 amide bonds. The number of benzene rings is 2. The van der Waals surface area contributed by atoms with Crippen LogP contribution in [0.15, 0.2) is 42.5 Å². The monoisotopic (exact) mass is 363 g/mol. The maximum Gasteiger partial charge on any atom is 0.416 e. The van der Waals surface area contributed by atoms with Gasteiger partial charge in [0.2, 0.25) is 0 Å². The second-order valence-corrected chi connectivity index (χ2v) is 7.36. The highest BCUT2D eigenvalue weighted by molar-refractivity contribution is 5.68. The zero-order valence-corrected chi connectivity index (χ0v) is 14.5. The van der Waals surface area contributed by atoms with E-state index in [4.69, 9.17) is 5.11 Å². The molecule has 0 heterocycles. The first-order valence-electron chi connectivity index (χ1n) is 8.38. The minimum Gasteiger partial charge on any atom is -0.465 e. The van der Waals surface area contributed by atoms with Crippen LogP contribution < -0.4 is 5.32 Å². The zero-order valence-electron chi connectivity index (χ0n) is 14.5. The molecule has 0 radical (unpaired) electrons. The smallest absolute Gasteiger partial charge is 0.416 e. The fraction of sp³-hybridized carbons (Fsp3) is 0.350. The van der Waals surface area contributed by atoms with Crippen LogP contribution in [0.4, 0.5) is 18.0 Å². The Hall–Kier alpha value is -2.50. The van der Waals surface area contributed by atoms with Crippen LogP contribution in [0, 0.1) is 5.41 Å². The van der Waals surface area contributed by atoms with Crippen molar-refractivity contribution in [3.05, 3.63) is 59.2 Å². The minimum atomic E-state index is -4.38. The lowest BCUT2D eigenvalue weighted by Gasteiger charge is -2.40. The largest absolute Gasteiger partial charge is 0.465 e. The maximum atomic E-state index is 13.0. The molecule has 26 heavy (non-hydrogen) atoms. The number of alkyl halides is 3. The summed E-state index contributed by atoms with van der Waals surface area (Å²) >= 11 is 0. The molecule has 0 saturated carbocycles.